The summed E-state index contributed by atoms with van der Waals surface area (Å²) >= 11 is 1.55. The molecule has 0 fully saturated rings. The maximum atomic E-state index is 11.9. The van der Waals surface area contributed by atoms with Crippen molar-refractivity contribution >= 4 is 17.5 Å². The molecule has 0 atom stereocenters. The quantitative estimate of drug-likeness (QED) is 0.758. The second kappa shape index (κ2) is 6.89. The SMILES string of the molecule is COc1ccc(C(=O)CSCc2ccncn2)cc1. The zero-order chi connectivity index (χ0) is 13.5. The highest BCUT2D eigenvalue weighted by molar-refractivity contribution is 7.99. The maximum absolute atomic E-state index is 11.9. The first kappa shape index (κ1) is 13.5. The third-order valence-electron chi connectivity index (χ3n) is 2.54. The lowest BCUT2D eigenvalue weighted by Gasteiger charge is -2.03. The number of carbonyl (C=O) groups is 1. The Kier molecular flexibility index (Phi) is 4.92. The molecule has 5 heteroatoms. The Balaban J connectivity index is 1.84. The van der Waals surface area contributed by atoms with E-state index >= 15 is 0 Å². The van der Waals surface area contributed by atoms with E-state index in [4.69, 9.17) is 4.74 Å². The van der Waals surface area contributed by atoms with E-state index in [1.807, 2.05) is 6.07 Å². The molecule has 0 aliphatic carbocycles. The summed E-state index contributed by atoms with van der Waals surface area (Å²) in [5, 5.41) is 0. The van der Waals surface area contributed by atoms with Crippen LogP contribution in [0.2, 0.25) is 0 Å². The summed E-state index contributed by atoms with van der Waals surface area (Å²) in [4.78, 5) is 19.9. The zero-order valence-electron chi connectivity index (χ0n) is 10.6. The normalized spacial score (nSPS) is 10.2. The molecular weight excluding hydrogens is 260 g/mol. The van der Waals surface area contributed by atoms with Crippen LogP contribution in [0.25, 0.3) is 0 Å². The Bertz CT molecular complexity index is 529. The summed E-state index contributed by atoms with van der Waals surface area (Å²) in [7, 11) is 1.61. The van der Waals surface area contributed by atoms with Gasteiger partial charge >= 0.3 is 0 Å². The van der Waals surface area contributed by atoms with Gasteiger partial charge in [-0.25, -0.2) is 9.97 Å². The number of methoxy groups -OCH3 is 1. The van der Waals surface area contributed by atoms with E-state index in [1.165, 1.54) is 6.33 Å². The summed E-state index contributed by atoms with van der Waals surface area (Å²) in [6.45, 7) is 0. The van der Waals surface area contributed by atoms with E-state index in [1.54, 1.807) is 49.3 Å². The van der Waals surface area contributed by atoms with Crippen molar-refractivity contribution in [3.63, 3.8) is 0 Å². The first-order valence-electron chi connectivity index (χ1n) is 5.79. The molecule has 0 saturated heterocycles. The number of ketones is 1. The van der Waals surface area contributed by atoms with E-state index in [2.05, 4.69) is 9.97 Å². The zero-order valence-corrected chi connectivity index (χ0v) is 11.4. The highest BCUT2D eigenvalue weighted by Crippen LogP contribution is 2.15. The van der Waals surface area contributed by atoms with Crippen LogP contribution in [0.5, 0.6) is 5.75 Å². The van der Waals surface area contributed by atoms with Gasteiger partial charge in [-0.2, -0.15) is 0 Å². The number of benzene rings is 1. The van der Waals surface area contributed by atoms with Gasteiger partial charge in [0.25, 0.3) is 0 Å². The monoisotopic (exact) mass is 274 g/mol. The van der Waals surface area contributed by atoms with E-state index in [0.29, 0.717) is 17.1 Å². The molecule has 1 aromatic carbocycles. The van der Waals surface area contributed by atoms with Gasteiger partial charge in [0.05, 0.1) is 18.6 Å². The van der Waals surface area contributed by atoms with Crippen LogP contribution in [0, 0.1) is 0 Å². The standard InChI is InChI=1S/C14H14N2O2S/c1-18-13-4-2-11(3-5-13)14(17)9-19-8-12-6-7-15-10-16-12/h2-7,10H,8-9H2,1H3. The molecule has 19 heavy (non-hydrogen) atoms. The predicted octanol–water partition coefficient (Wildman–Crippen LogP) is 2.60. The molecule has 0 amide bonds. The lowest BCUT2D eigenvalue weighted by Crippen LogP contribution is -2.02. The van der Waals surface area contributed by atoms with E-state index in [9.17, 15) is 4.79 Å². The number of thioether (sulfide) groups is 1. The fraction of sp³-hybridized carbons (Fsp3) is 0.214. The summed E-state index contributed by atoms with van der Waals surface area (Å²) in [5.74, 6) is 2.02. The fourth-order valence-corrected chi connectivity index (χ4v) is 2.35. The Hall–Kier alpha value is -1.88. The molecule has 4 nitrogen and oxygen atoms in total. The fourth-order valence-electron chi connectivity index (χ4n) is 1.51. The van der Waals surface area contributed by atoms with Gasteiger partial charge in [-0.15, -0.1) is 11.8 Å². The average molecular weight is 274 g/mol. The molecule has 0 N–H and O–H groups in total. The number of carbonyl (C=O) groups excluding carboxylic acids is 1. The van der Waals surface area contributed by atoms with Crippen LogP contribution < -0.4 is 4.74 Å². The average Bonchev–Trinajstić information content (AvgIpc) is 2.48. The van der Waals surface area contributed by atoms with Crippen LogP contribution in [0.4, 0.5) is 0 Å². The lowest BCUT2D eigenvalue weighted by atomic mass is 10.1. The largest absolute Gasteiger partial charge is 0.497 e. The van der Waals surface area contributed by atoms with Gasteiger partial charge in [-0.1, -0.05) is 0 Å². The minimum atomic E-state index is 0.113. The number of aromatic nitrogens is 2. The van der Waals surface area contributed by atoms with Crippen molar-refractivity contribution in [2.75, 3.05) is 12.9 Å². The molecule has 0 aliphatic heterocycles. The minimum absolute atomic E-state index is 0.113. The van der Waals surface area contributed by atoms with Crippen LogP contribution in [-0.4, -0.2) is 28.6 Å². The molecule has 2 rings (SSSR count). The van der Waals surface area contributed by atoms with Gasteiger partial charge in [0.1, 0.15) is 12.1 Å². The third-order valence-corrected chi connectivity index (χ3v) is 3.50. The van der Waals surface area contributed by atoms with Crippen molar-refractivity contribution in [3.8, 4) is 5.75 Å². The Morgan fingerprint density at radius 2 is 2.05 bits per heavy atom. The van der Waals surface area contributed by atoms with Gasteiger partial charge in [-0.05, 0) is 30.3 Å². The number of hydrogen-bond donors (Lipinski definition) is 0. The molecule has 98 valence electrons. The third kappa shape index (κ3) is 4.06. The Morgan fingerprint density at radius 1 is 1.26 bits per heavy atom. The first-order chi connectivity index (χ1) is 9.29. The number of rotatable bonds is 6. The number of nitrogens with zero attached hydrogens (tertiary/aromatic N) is 2. The summed E-state index contributed by atoms with van der Waals surface area (Å²) < 4.78 is 5.06. The second-order valence-corrected chi connectivity index (χ2v) is 4.83. The molecule has 0 spiro atoms. The van der Waals surface area contributed by atoms with Crippen LogP contribution in [0.3, 0.4) is 0 Å². The van der Waals surface area contributed by atoms with Crippen LogP contribution in [0.15, 0.2) is 42.9 Å². The van der Waals surface area contributed by atoms with Crippen molar-refractivity contribution in [2.45, 2.75) is 5.75 Å². The van der Waals surface area contributed by atoms with Crippen LogP contribution in [0.1, 0.15) is 16.1 Å². The molecule has 0 aliphatic rings. The predicted molar refractivity (Wildman–Crippen MR) is 75.5 cm³/mol. The Morgan fingerprint density at radius 3 is 2.68 bits per heavy atom. The molecular formula is C14H14N2O2S. The molecule has 2 aromatic rings. The van der Waals surface area contributed by atoms with Gasteiger partial charge in [-0.3, -0.25) is 4.79 Å². The Labute approximate surface area is 116 Å². The maximum Gasteiger partial charge on any atom is 0.172 e. The summed E-state index contributed by atoms with van der Waals surface area (Å²) in [6.07, 6.45) is 3.22. The highest BCUT2D eigenvalue weighted by atomic mass is 32.2. The highest BCUT2D eigenvalue weighted by Gasteiger charge is 2.06. The molecule has 0 unspecified atom stereocenters. The van der Waals surface area contributed by atoms with Crippen molar-refractivity contribution in [3.05, 3.63) is 54.1 Å². The van der Waals surface area contributed by atoms with E-state index < -0.39 is 0 Å². The van der Waals surface area contributed by atoms with Crippen LogP contribution >= 0.6 is 11.8 Å². The number of ether oxygens (including phenoxy) is 1. The van der Waals surface area contributed by atoms with Crippen molar-refractivity contribution in [1.29, 1.82) is 0 Å². The second-order valence-electron chi connectivity index (χ2n) is 3.85. The summed E-state index contributed by atoms with van der Waals surface area (Å²) in [6, 6.07) is 9.01. The van der Waals surface area contributed by atoms with Gasteiger partial charge in [0, 0.05) is 17.5 Å². The van der Waals surface area contributed by atoms with Gasteiger partial charge in [0.2, 0.25) is 0 Å². The molecule has 0 bridgehead atoms. The number of Topliss-reactive ketones (excluding diaryl/α,β-unsaturated/α-hetero) is 1. The molecule has 1 heterocycles. The van der Waals surface area contributed by atoms with Crippen molar-refractivity contribution < 1.29 is 9.53 Å². The molecule has 1 aromatic heterocycles. The van der Waals surface area contributed by atoms with Crippen molar-refractivity contribution in [2.24, 2.45) is 0 Å². The van der Waals surface area contributed by atoms with Crippen LogP contribution in [-0.2, 0) is 5.75 Å². The topological polar surface area (TPSA) is 52.1 Å². The lowest BCUT2D eigenvalue weighted by molar-refractivity contribution is 0.102. The molecule has 0 radical (unpaired) electrons. The summed E-state index contributed by atoms with van der Waals surface area (Å²) in [5.41, 5.74) is 1.64. The van der Waals surface area contributed by atoms with Crippen molar-refractivity contribution in [1.82, 2.24) is 9.97 Å². The smallest absolute Gasteiger partial charge is 0.172 e. The first-order valence-corrected chi connectivity index (χ1v) is 6.95. The number of hydrogen-bond acceptors (Lipinski definition) is 5. The molecule has 0 saturated carbocycles. The minimum Gasteiger partial charge on any atom is -0.497 e. The van der Waals surface area contributed by atoms with E-state index in [-0.39, 0.29) is 5.78 Å². The van der Waals surface area contributed by atoms with Gasteiger partial charge in [0.15, 0.2) is 5.78 Å². The van der Waals surface area contributed by atoms with E-state index in [0.717, 1.165) is 11.4 Å². The van der Waals surface area contributed by atoms with Gasteiger partial charge < -0.3 is 4.74 Å².